The van der Waals surface area contributed by atoms with Crippen LogP contribution in [0.3, 0.4) is 0 Å². The molecule has 1 atom stereocenters. The highest BCUT2D eigenvalue weighted by molar-refractivity contribution is 9.10. The van der Waals surface area contributed by atoms with Crippen molar-refractivity contribution in [1.82, 2.24) is 9.88 Å². The van der Waals surface area contributed by atoms with Crippen molar-refractivity contribution in [2.75, 3.05) is 6.54 Å². The van der Waals surface area contributed by atoms with E-state index in [1.165, 1.54) is 45.9 Å². The first-order chi connectivity index (χ1) is 9.59. The zero-order chi connectivity index (χ0) is 14.3. The van der Waals surface area contributed by atoms with Gasteiger partial charge in [0.2, 0.25) is 0 Å². The molecular formula is C17H23BrN2. The summed E-state index contributed by atoms with van der Waals surface area (Å²) >= 11 is 3.86. The molecule has 108 valence electrons. The number of fused-ring (bicyclic) bond motifs is 1. The van der Waals surface area contributed by atoms with Crippen molar-refractivity contribution >= 4 is 26.8 Å². The number of piperidine rings is 1. The number of halogens is 1. The van der Waals surface area contributed by atoms with Gasteiger partial charge in [0.25, 0.3) is 0 Å². The van der Waals surface area contributed by atoms with Crippen LogP contribution in [-0.2, 0) is 7.05 Å². The van der Waals surface area contributed by atoms with E-state index in [0.717, 1.165) is 6.54 Å². The van der Waals surface area contributed by atoms with E-state index in [9.17, 15) is 0 Å². The lowest BCUT2D eigenvalue weighted by Gasteiger charge is -2.24. The molecule has 0 radical (unpaired) electrons. The van der Waals surface area contributed by atoms with Gasteiger partial charge in [0.15, 0.2) is 0 Å². The summed E-state index contributed by atoms with van der Waals surface area (Å²) in [7, 11) is 2.19. The van der Waals surface area contributed by atoms with E-state index < -0.39 is 0 Å². The van der Waals surface area contributed by atoms with E-state index in [1.54, 1.807) is 0 Å². The number of rotatable bonds is 2. The fourth-order valence-corrected chi connectivity index (χ4v) is 4.13. The van der Waals surface area contributed by atoms with E-state index in [4.69, 9.17) is 0 Å². The van der Waals surface area contributed by atoms with Crippen LogP contribution in [0.1, 0.15) is 56.3 Å². The van der Waals surface area contributed by atoms with E-state index in [1.807, 2.05) is 0 Å². The fourth-order valence-electron chi connectivity index (χ4n) is 3.27. The van der Waals surface area contributed by atoms with Crippen molar-refractivity contribution in [2.45, 2.75) is 45.1 Å². The number of hydrogen-bond acceptors (Lipinski definition) is 1. The first kappa shape index (κ1) is 14.2. The van der Waals surface area contributed by atoms with Gasteiger partial charge in [0.05, 0.1) is 0 Å². The SMILES string of the molecule is CC(C)c1ccc2c(c1)c(Br)c(C1CCCCN1)n2C. The van der Waals surface area contributed by atoms with Crippen molar-refractivity contribution in [3.63, 3.8) is 0 Å². The molecule has 0 aliphatic carbocycles. The lowest BCUT2D eigenvalue weighted by molar-refractivity contribution is 0.398. The molecule has 1 aliphatic rings. The lowest BCUT2D eigenvalue weighted by atomic mass is 10.0. The third-order valence-corrected chi connectivity index (χ3v) is 5.35. The standard InChI is InChI=1S/C17H23BrN2/c1-11(2)12-7-8-15-13(10-12)16(18)17(20(15)3)14-6-4-5-9-19-14/h7-8,10-11,14,19H,4-6,9H2,1-3H3. The summed E-state index contributed by atoms with van der Waals surface area (Å²) in [4.78, 5) is 0. The second kappa shape index (κ2) is 5.53. The number of hydrogen-bond donors (Lipinski definition) is 1. The highest BCUT2D eigenvalue weighted by atomic mass is 79.9. The van der Waals surface area contributed by atoms with Crippen molar-refractivity contribution in [3.05, 3.63) is 33.9 Å². The molecular weight excluding hydrogens is 312 g/mol. The van der Waals surface area contributed by atoms with Crippen molar-refractivity contribution < 1.29 is 0 Å². The topological polar surface area (TPSA) is 17.0 Å². The molecule has 1 saturated heterocycles. The Kier molecular flexibility index (Phi) is 3.91. The highest BCUT2D eigenvalue weighted by Gasteiger charge is 2.23. The monoisotopic (exact) mass is 334 g/mol. The fraction of sp³-hybridized carbons (Fsp3) is 0.529. The molecule has 3 rings (SSSR count). The van der Waals surface area contributed by atoms with Gasteiger partial charge in [-0.25, -0.2) is 0 Å². The Morgan fingerprint density at radius 2 is 2.10 bits per heavy atom. The van der Waals surface area contributed by atoms with Gasteiger partial charge in [-0.3, -0.25) is 0 Å². The molecule has 2 heterocycles. The summed E-state index contributed by atoms with van der Waals surface area (Å²) in [6.07, 6.45) is 3.86. The van der Waals surface area contributed by atoms with Crippen LogP contribution in [0.5, 0.6) is 0 Å². The van der Waals surface area contributed by atoms with Crippen LogP contribution < -0.4 is 5.32 Å². The molecule has 1 fully saturated rings. The molecule has 1 aromatic carbocycles. The molecule has 1 aromatic heterocycles. The van der Waals surface area contributed by atoms with Crippen molar-refractivity contribution in [3.8, 4) is 0 Å². The summed E-state index contributed by atoms with van der Waals surface area (Å²) in [5, 5.41) is 5.01. The smallest absolute Gasteiger partial charge is 0.0499 e. The molecule has 0 bridgehead atoms. The zero-order valence-electron chi connectivity index (χ0n) is 12.5. The van der Waals surface area contributed by atoms with E-state index in [0.29, 0.717) is 12.0 Å². The molecule has 1 aliphatic heterocycles. The minimum absolute atomic E-state index is 0.484. The van der Waals surface area contributed by atoms with E-state index in [2.05, 4.69) is 64.9 Å². The summed E-state index contributed by atoms with van der Waals surface area (Å²) < 4.78 is 3.63. The number of aromatic nitrogens is 1. The Hall–Kier alpha value is -0.800. The first-order valence-corrected chi connectivity index (χ1v) is 8.40. The molecule has 0 spiro atoms. The van der Waals surface area contributed by atoms with Gasteiger partial charge >= 0.3 is 0 Å². The lowest BCUT2D eigenvalue weighted by Crippen LogP contribution is -2.28. The Morgan fingerprint density at radius 1 is 1.30 bits per heavy atom. The van der Waals surface area contributed by atoms with Crippen LogP contribution in [-0.4, -0.2) is 11.1 Å². The quantitative estimate of drug-likeness (QED) is 0.828. The molecule has 3 heteroatoms. The summed E-state index contributed by atoms with van der Waals surface area (Å²) in [5.74, 6) is 0.572. The molecule has 2 nitrogen and oxygen atoms in total. The second-order valence-corrected chi connectivity index (χ2v) is 6.99. The summed E-state index contributed by atoms with van der Waals surface area (Å²) in [6, 6.07) is 7.35. The predicted molar refractivity (Wildman–Crippen MR) is 89.3 cm³/mol. The molecule has 0 amide bonds. The highest BCUT2D eigenvalue weighted by Crippen LogP contribution is 2.37. The number of nitrogens with zero attached hydrogens (tertiary/aromatic N) is 1. The van der Waals surface area contributed by atoms with Crippen molar-refractivity contribution in [1.29, 1.82) is 0 Å². The van der Waals surface area contributed by atoms with Crippen LogP contribution in [0, 0.1) is 0 Å². The molecule has 20 heavy (non-hydrogen) atoms. The average molecular weight is 335 g/mol. The minimum Gasteiger partial charge on any atom is -0.345 e. The maximum atomic E-state index is 3.86. The molecule has 1 unspecified atom stereocenters. The van der Waals surface area contributed by atoms with Crippen molar-refractivity contribution in [2.24, 2.45) is 7.05 Å². The van der Waals surface area contributed by atoms with Gasteiger partial charge in [-0.15, -0.1) is 0 Å². The van der Waals surface area contributed by atoms with Crippen LogP contribution in [0.4, 0.5) is 0 Å². The summed E-state index contributed by atoms with van der Waals surface area (Å²) in [6.45, 7) is 5.64. The van der Waals surface area contributed by atoms with E-state index >= 15 is 0 Å². The van der Waals surface area contributed by atoms with Gasteiger partial charge in [0, 0.05) is 34.2 Å². The Balaban J connectivity index is 2.13. The molecule has 0 saturated carbocycles. The van der Waals surface area contributed by atoms with Crippen LogP contribution in [0.15, 0.2) is 22.7 Å². The maximum Gasteiger partial charge on any atom is 0.0499 e. The van der Waals surface area contributed by atoms with Gasteiger partial charge < -0.3 is 9.88 Å². The van der Waals surface area contributed by atoms with Gasteiger partial charge in [0.1, 0.15) is 0 Å². The second-order valence-electron chi connectivity index (χ2n) is 6.19. The minimum atomic E-state index is 0.484. The number of aryl methyl sites for hydroxylation is 1. The maximum absolute atomic E-state index is 3.86. The van der Waals surface area contributed by atoms with Gasteiger partial charge in [-0.2, -0.15) is 0 Å². The first-order valence-electron chi connectivity index (χ1n) is 7.60. The third kappa shape index (κ3) is 2.31. The Labute approximate surface area is 129 Å². The Bertz CT molecular complexity index is 621. The van der Waals surface area contributed by atoms with Gasteiger partial charge in [-0.1, -0.05) is 26.3 Å². The van der Waals surface area contributed by atoms with Crippen LogP contribution in [0.2, 0.25) is 0 Å². The largest absolute Gasteiger partial charge is 0.345 e. The predicted octanol–water partition coefficient (Wildman–Crippen LogP) is 4.88. The molecule has 1 N–H and O–H groups in total. The number of nitrogens with one attached hydrogen (secondary N) is 1. The average Bonchev–Trinajstić information content (AvgIpc) is 2.71. The van der Waals surface area contributed by atoms with Crippen LogP contribution in [0.25, 0.3) is 10.9 Å². The normalized spacial score (nSPS) is 19.9. The Morgan fingerprint density at radius 3 is 2.75 bits per heavy atom. The number of benzene rings is 1. The summed E-state index contributed by atoms with van der Waals surface area (Å²) in [5.41, 5.74) is 4.14. The zero-order valence-corrected chi connectivity index (χ0v) is 14.1. The molecule has 2 aromatic rings. The van der Waals surface area contributed by atoms with Crippen LogP contribution >= 0.6 is 15.9 Å². The van der Waals surface area contributed by atoms with E-state index in [-0.39, 0.29) is 0 Å². The van der Waals surface area contributed by atoms with Gasteiger partial charge in [-0.05, 0) is 58.9 Å². The third-order valence-electron chi connectivity index (χ3n) is 4.51.